The van der Waals surface area contributed by atoms with Crippen molar-refractivity contribution in [2.24, 2.45) is 11.7 Å². The predicted molar refractivity (Wildman–Crippen MR) is 59.2 cm³/mol. The SMILES string of the molecule is NC[C@@H]1CN(Cc2ccccc2)C[C@H]1F. The van der Waals surface area contributed by atoms with Gasteiger partial charge in [0.05, 0.1) is 0 Å². The Morgan fingerprint density at radius 3 is 2.60 bits per heavy atom. The van der Waals surface area contributed by atoms with Crippen molar-refractivity contribution in [1.29, 1.82) is 0 Å². The highest BCUT2D eigenvalue weighted by molar-refractivity contribution is 5.14. The zero-order chi connectivity index (χ0) is 10.7. The Bertz CT molecular complexity index is 302. The Balaban J connectivity index is 1.92. The summed E-state index contributed by atoms with van der Waals surface area (Å²) >= 11 is 0. The van der Waals surface area contributed by atoms with E-state index in [4.69, 9.17) is 5.73 Å². The van der Waals surface area contributed by atoms with Gasteiger partial charge in [-0.25, -0.2) is 4.39 Å². The maximum absolute atomic E-state index is 13.4. The van der Waals surface area contributed by atoms with Gasteiger partial charge in [-0.1, -0.05) is 30.3 Å². The Hall–Kier alpha value is -0.930. The van der Waals surface area contributed by atoms with Gasteiger partial charge in [0, 0.05) is 25.6 Å². The fraction of sp³-hybridized carbons (Fsp3) is 0.500. The molecule has 2 nitrogen and oxygen atoms in total. The lowest BCUT2D eigenvalue weighted by Gasteiger charge is -2.14. The lowest BCUT2D eigenvalue weighted by atomic mass is 10.1. The average molecular weight is 208 g/mol. The van der Waals surface area contributed by atoms with Crippen LogP contribution >= 0.6 is 0 Å². The summed E-state index contributed by atoms with van der Waals surface area (Å²) in [7, 11) is 0. The molecule has 0 saturated carbocycles. The van der Waals surface area contributed by atoms with E-state index in [0.29, 0.717) is 13.1 Å². The molecule has 2 rings (SSSR count). The van der Waals surface area contributed by atoms with E-state index < -0.39 is 6.17 Å². The lowest BCUT2D eigenvalue weighted by molar-refractivity contribution is 0.271. The molecule has 3 heteroatoms. The van der Waals surface area contributed by atoms with Crippen molar-refractivity contribution in [3.05, 3.63) is 35.9 Å². The molecule has 0 aliphatic carbocycles. The van der Waals surface area contributed by atoms with Crippen LogP contribution in [0.2, 0.25) is 0 Å². The summed E-state index contributed by atoms with van der Waals surface area (Å²) in [5.74, 6) is 0.0220. The number of rotatable bonds is 3. The molecule has 1 aliphatic heterocycles. The average Bonchev–Trinajstić information content (AvgIpc) is 2.60. The summed E-state index contributed by atoms with van der Waals surface area (Å²) in [6, 6.07) is 10.2. The number of likely N-dealkylation sites (tertiary alicyclic amines) is 1. The first-order valence-electron chi connectivity index (χ1n) is 5.40. The molecule has 0 spiro atoms. The Morgan fingerprint density at radius 1 is 1.27 bits per heavy atom. The quantitative estimate of drug-likeness (QED) is 0.814. The van der Waals surface area contributed by atoms with E-state index in [-0.39, 0.29) is 5.92 Å². The predicted octanol–water partition coefficient (Wildman–Crippen LogP) is 1.42. The standard InChI is InChI=1S/C12H17FN2/c13-12-9-15(8-11(12)6-14)7-10-4-2-1-3-5-10/h1-5,11-12H,6-9,14H2/t11-,12-/m1/s1. The van der Waals surface area contributed by atoms with Crippen molar-refractivity contribution in [1.82, 2.24) is 4.90 Å². The highest BCUT2D eigenvalue weighted by Crippen LogP contribution is 2.20. The lowest BCUT2D eigenvalue weighted by Crippen LogP contribution is -2.23. The molecular weight excluding hydrogens is 191 g/mol. The van der Waals surface area contributed by atoms with Gasteiger partial charge in [-0.15, -0.1) is 0 Å². The smallest absolute Gasteiger partial charge is 0.118 e. The molecule has 2 N–H and O–H groups in total. The maximum Gasteiger partial charge on any atom is 0.118 e. The van der Waals surface area contributed by atoms with Gasteiger partial charge in [-0.3, -0.25) is 4.90 Å². The van der Waals surface area contributed by atoms with Crippen molar-refractivity contribution in [3.8, 4) is 0 Å². The van der Waals surface area contributed by atoms with E-state index in [1.807, 2.05) is 18.2 Å². The highest BCUT2D eigenvalue weighted by Gasteiger charge is 2.31. The van der Waals surface area contributed by atoms with Gasteiger partial charge in [0.2, 0.25) is 0 Å². The third-order valence-electron chi connectivity index (χ3n) is 2.99. The second-order valence-corrected chi connectivity index (χ2v) is 4.19. The molecule has 1 aromatic carbocycles. The van der Waals surface area contributed by atoms with Crippen molar-refractivity contribution < 1.29 is 4.39 Å². The van der Waals surface area contributed by atoms with Gasteiger partial charge >= 0.3 is 0 Å². The molecule has 2 atom stereocenters. The van der Waals surface area contributed by atoms with Crippen LogP contribution in [-0.4, -0.2) is 30.7 Å². The van der Waals surface area contributed by atoms with E-state index >= 15 is 0 Å². The van der Waals surface area contributed by atoms with Crippen LogP contribution in [0.25, 0.3) is 0 Å². The zero-order valence-electron chi connectivity index (χ0n) is 8.77. The first kappa shape index (κ1) is 10.6. The van der Waals surface area contributed by atoms with E-state index in [1.165, 1.54) is 5.56 Å². The van der Waals surface area contributed by atoms with Crippen LogP contribution in [0.1, 0.15) is 5.56 Å². The summed E-state index contributed by atoms with van der Waals surface area (Å²) in [6.45, 7) is 2.59. The van der Waals surface area contributed by atoms with Crippen molar-refractivity contribution in [3.63, 3.8) is 0 Å². The number of hydrogen-bond donors (Lipinski definition) is 1. The van der Waals surface area contributed by atoms with Crippen LogP contribution < -0.4 is 5.73 Å². The number of hydrogen-bond acceptors (Lipinski definition) is 2. The molecule has 82 valence electrons. The molecular formula is C12H17FN2. The number of halogens is 1. The van der Waals surface area contributed by atoms with Crippen molar-refractivity contribution in [2.45, 2.75) is 12.7 Å². The van der Waals surface area contributed by atoms with Gasteiger partial charge in [-0.2, -0.15) is 0 Å². The minimum absolute atomic E-state index is 0.0220. The molecule has 1 heterocycles. The molecule has 0 aromatic heterocycles. The number of benzene rings is 1. The second kappa shape index (κ2) is 4.73. The van der Waals surface area contributed by atoms with Crippen LogP contribution in [0.4, 0.5) is 4.39 Å². The van der Waals surface area contributed by atoms with Crippen LogP contribution in [0.15, 0.2) is 30.3 Å². The van der Waals surface area contributed by atoms with E-state index in [1.54, 1.807) is 0 Å². The fourth-order valence-electron chi connectivity index (χ4n) is 2.11. The summed E-state index contributed by atoms with van der Waals surface area (Å²) in [5.41, 5.74) is 6.75. The number of alkyl halides is 1. The fourth-order valence-corrected chi connectivity index (χ4v) is 2.11. The summed E-state index contributed by atoms with van der Waals surface area (Å²) < 4.78 is 13.4. The largest absolute Gasteiger partial charge is 0.330 e. The highest BCUT2D eigenvalue weighted by atomic mass is 19.1. The monoisotopic (exact) mass is 208 g/mol. The first-order valence-corrected chi connectivity index (χ1v) is 5.40. The van der Waals surface area contributed by atoms with Crippen LogP contribution in [-0.2, 0) is 6.54 Å². The number of nitrogens with zero attached hydrogens (tertiary/aromatic N) is 1. The number of nitrogens with two attached hydrogens (primary N) is 1. The maximum atomic E-state index is 13.4. The topological polar surface area (TPSA) is 29.3 Å². The van der Waals surface area contributed by atoms with Gasteiger partial charge in [0.1, 0.15) is 6.17 Å². The molecule has 1 fully saturated rings. The van der Waals surface area contributed by atoms with Crippen LogP contribution in [0.3, 0.4) is 0 Å². The van der Waals surface area contributed by atoms with Gasteiger partial charge < -0.3 is 5.73 Å². The van der Waals surface area contributed by atoms with Gasteiger partial charge in [0.25, 0.3) is 0 Å². The van der Waals surface area contributed by atoms with Gasteiger partial charge in [0.15, 0.2) is 0 Å². The van der Waals surface area contributed by atoms with Crippen LogP contribution in [0, 0.1) is 5.92 Å². The Labute approximate surface area is 89.9 Å². The molecule has 1 aromatic rings. The molecule has 1 saturated heterocycles. The Morgan fingerprint density at radius 2 is 2.00 bits per heavy atom. The summed E-state index contributed by atoms with van der Waals surface area (Å²) in [6.07, 6.45) is -0.751. The van der Waals surface area contributed by atoms with E-state index in [0.717, 1.165) is 13.1 Å². The van der Waals surface area contributed by atoms with Crippen LogP contribution in [0.5, 0.6) is 0 Å². The van der Waals surface area contributed by atoms with Gasteiger partial charge in [-0.05, 0) is 12.1 Å². The first-order chi connectivity index (χ1) is 7.29. The van der Waals surface area contributed by atoms with Crippen molar-refractivity contribution in [2.75, 3.05) is 19.6 Å². The van der Waals surface area contributed by atoms with Crippen molar-refractivity contribution >= 4 is 0 Å². The molecule has 0 amide bonds. The third-order valence-corrected chi connectivity index (χ3v) is 2.99. The van der Waals surface area contributed by atoms with E-state index in [9.17, 15) is 4.39 Å². The molecule has 15 heavy (non-hydrogen) atoms. The second-order valence-electron chi connectivity index (χ2n) is 4.19. The minimum Gasteiger partial charge on any atom is -0.330 e. The zero-order valence-corrected chi connectivity index (χ0v) is 8.77. The normalized spacial score (nSPS) is 27.1. The summed E-state index contributed by atoms with van der Waals surface area (Å²) in [4.78, 5) is 2.14. The summed E-state index contributed by atoms with van der Waals surface area (Å²) in [5, 5.41) is 0. The molecule has 0 unspecified atom stereocenters. The Kier molecular flexibility index (Phi) is 3.34. The molecule has 1 aliphatic rings. The third kappa shape index (κ3) is 2.55. The molecule has 0 radical (unpaired) electrons. The molecule has 0 bridgehead atoms. The minimum atomic E-state index is -0.751. The van der Waals surface area contributed by atoms with E-state index in [2.05, 4.69) is 17.0 Å².